The predicted octanol–water partition coefficient (Wildman–Crippen LogP) is 1.88. The molecule has 2 rings (SSSR count). The number of carbonyl (C=O) groups excluding carboxylic acids is 1. The fourth-order valence-electron chi connectivity index (χ4n) is 3.22. The molecule has 1 heterocycles. The van der Waals surface area contributed by atoms with Gasteiger partial charge >= 0.3 is 5.97 Å². The van der Waals surface area contributed by atoms with Crippen molar-refractivity contribution in [1.29, 1.82) is 0 Å². The maximum Gasteiger partial charge on any atom is 0.303 e. The number of carbonyl (C=O) groups is 2. The van der Waals surface area contributed by atoms with Crippen molar-refractivity contribution in [3.05, 3.63) is 17.5 Å². The van der Waals surface area contributed by atoms with E-state index in [1.807, 2.05) is 6.92 Å². The molecule has 1 aromatic heterocycles. The number of nitrogens with zero attached hydrogens (tertiary/aromatic N) is 2. The van der Waals surface area contributed by atoms with Gasteiger partial charge in [-0.2, -0.15) is 5.10 Å². The van der Waals surface area contributed by atoms with E-state index >= 15 is 0 Å². The van der Waals surface area contributed by atoms with E-state index < -0.39 is 5.97 Å². The molecule has 1 aliphatic carbocycles. The molecule has 116 valence electrons. The van der Waals surface area contributed by atoms with Crippen LogP contribution in [0.5, 0.6) is 0 Å². The molecule has 1 fully saturated rings. The highest BCUT2D eigenvalue weighted by atomic mass is 16.4. The fraction of sp³-hybridized carbons (Fsp3) is 0.667. The van der Waals surface area contributed by atoms with Crippen LogP contribution in [0.25, 0.3) is 0 Å². The first-order valence-electron chi connectivity index (χ1n) is 7.42. The summed E-state index contributed by atoms with van der Waals surface area (Å²) >= 11 is 0. The molecule has 6 nitrogen and oxygen atoms in total. The molecule has 0 spiro atoms. The molecule has 0 bridgehead atoms. The Balaban J connectivity index is 2.02. The second kappa shape index (κ2) is 6.28. The van der Waals surface area contributed by atoms with E-state index in [2.05, 4.69) is 10.4 Å². The van der Waals surface area contributed by atoms with E-state index in [0.29, 0.717) is 12.2 Å². The largest absolute Gasteiger partial charge is 0.481 e. The van der Waals surface area contributed by atoms with Gasteiger partial charge in [-0.05, 0) is 31.2 Å². The standard InChI is InChI=1S/C15H23N3O3/c1-11-8-12(18(2)17-11)14(21)16-10-15(9-13(19)20)6-4-3-5-7-15/h8H,3-7,9-10H2,1-2H3,(H,16,21)(H,19,20). The summed E-state index contributed by atoms with van der Waals surface area (Å²) in [5, 5.41) is 16.2. The molecule has 0 aliphatic heterocycles. The van der Waals surface area contributed by atoms with Crippen LogP contribution >= 0.6 is 0 Å². The number of amides is 1. The molecule has 1 amide bonds. The molecule has 21 heavy (non-hydrogen) atoms. The fourth-order valence-corrected chi connectivity index (χ4v) is 3.22. The zero-order valence-corrected chi connectivity index (χ0v) is 12.7. The van der Waals surface area contributed by atoms with Crippen molar-refractivity contribution in [2.24, 2.45) is 12.5 Å². The number of carboxylic acid groups (broad SMARTS) is 1. The summed E-state index contributed by atoms with van der Waals surface area (Å²) in [5.41, 5.74) is 1.00. The average Bonchev–Trinajstić information content (AvgIpc) is 2.75. The quantitative estimate of drug-likeness (QED) is 0.868. The van der Waals surface area contributed by atoms with E-state index in [1.54, 1.807) is 17.8 Å². The molecular weight excluding hydrogens is 270 g/mol. The summed E-state index contributed by atoms with van der Waals surface area (Å²) < 4.78 is 1.55. The second-order valence-corrected chi connectivity index (χ2v) is 6.11. The van der Waals surface area contributed by atoms with Gasteiger partial charge in [0.15, 0.2) is 0 Å². The van der Waals surface area contributed by atoms with Crippen molar-refractivity contribution >= 4 is 11.9 Å². The van der Waals surface area contributed by atoms with Gasteiger partial charge in [0.2, 0.25) is 0 Å². The first-order valence-corrected chi connectivity index (χ1v) is 7.42. The summed E-state index contributed by atoms with van der Waals surface area (Å²) in [5.74, 6) is -0.976. The Labute approximate surface area is 124 Å². The topological polar surface area (TPSA) is 84.2 Å². The lowest BCUT2D eigenvalue weighted by Crippen LogP contribution is -2.40. The van der Waals surface area contributed by atoms with Gasteiger partial charge in [-0.1, -0.05) is 19.3 Å². The van der Waals surface area contributed by atoms with Crippen molar-refractivity contribution in [1.82, 2.24) is 15.1 Å². The van der Waals surface area contributed by atoms with Crippen LogP contribution < -0.4 is 5.32 Å². The van der Waals surface area contributed by atoms with E-state index in [1.165, 1.54) is 0 Å². The number of aromatic nitrogens is 2. The van der Waals surface area contributed by atoms with E-state index in [9.17, 15) is 9.59 Å². The molecule has 0 radical (unpaired) electrons. The summed E-state index contributed by atoms with van der Waals surface area (Å²) in [6, 6.07) is 1.74. The zero-order valence-electron chi connectivity index (χ0n) is 12.7. The van der Waals surface area contributed by atoms with Crippen LogP contribution in [0.4, 0.5) is 0 Å². The molecule has 2 N–H and O–H groups in total. The highest BCUT2D eigenvalue weighted by Gasteiger charge is 2.35. The summed E-state index contributed by atoms with van der Waals surface area (Å²) in [4.78, 5) is 23.3. The van der Waals surface area contributed by atoms with Crippen LogP contribution in [0.2, 0.25) is 0 Å². The van der Waals surface area contributed by atoms with Crippen molar-refractivity contribution in [3.63, 3.8) is 0 Å². The SMILES string of the molecule is Cc1cc(C(=O)NCC2(CC(=O)O)CCCCC2)n(C)n1. The summed E-state index contributed by atoms with van der Waals surface area (Å²) in [6.07, 6.45) is 5.07. The monoisotopic (exact) mass is 293 g/mol. The number of hydrogen-bond acceptors (Lipinski definition) is 3. The minimum absolute atomic E-state index is 0.123. The molecule has 0 saturated heterocycles. The molecule has 0 aromatic carbocycles. The predicted molar refractivity (Wildman–Crippen MR) is 78.0 cm³/mol. The van der Waals surface area contributed by atoms with Gasteiger partial charge in [-0.15, -0.1) is 0 Å². The molecule has 1 aliphatic rings. The summed E-state index contributed by atoms with van der Waals surface area (Å²) in [7, 11) is 1.73. The Kier molecular flexibility index (Phi) is 4.65. The third-order valence-corrected chi connectivity index (χ3v) is 4.30. The van der Waals surface area contributed by atoms with Gasteiger partial charge in [0.25, 0.3) is 5.91 Å². The highest BCUT2D eigenvalue weighted by molar-refractivity contribution is 5.92. The maximum atomic E-state index is 12.2. The van der Waals surface area contributed by atoms with Gasteiger partial charge in [-0.25, -0.2) is 0 Å². The molecule has 0 unspecified atom stereocenters. The Bertz CT molecular complexity index is 530. The lowest BCUT2D eigenvalue weighted by Gasteiger charge is -2.36. The van der Waals surface area contributed by atoms with Crippen molar-refractivity contribution < 1.29 is 14.7 Å². The average molecular weight is 293 g/mol. The van der Waals surface area contributed by atoms with Gasteiger partial charge in [0, 0.05) is 13.6 Å². The first kappa shape index (κ1) is 15.5. The lowest BCUT2D eigenvalue weighted by molar-refractivity contribution is -0.140. The smallest absolute Gasteiger partial charge is 0.303 e. The van der Waals surface area contributed by atoms with Crippen LogP contribution in [0, 0.1) is 12.3 Å². The minimum Gasteiger partial charge on any atom is -0.481 e. The molecule has 1 aromatic rings. The van der Waals surface area contributed by atoms with E-state index in [0.717, 1.165) is 37.8 Å². The van der Waals surface area contributed by atoms with Gasteiger partial charge in [0.05, 0.1) is 12.1 Å². The summed E-state index contributed by atoms with van der Waals surface area (Å²) in [6.45, 7) is 2.26. The third-order valence-electron chi connectivity index (χ3n) is 4.30. The number of rotatable bonds is 5. The third kappa shape index (κ3) is 3.83. The number of nitrogens with one attached hydrogen (secondary N) is 1. The molecule has 1 saturated carbocycles. The second-order valence-electron chi connectivity index (χ2n) is 6.11. The molecule has 6 heteroatoms. The van der Waals surface area contributed by atoms with Crippen LogP contribution in [0.3, 0.4) is 0 Å². The number of aryl methyl sites for hydroxylation is 2. The van der Waals surface area contributed by atoms with Crippen LogP contribution in [0.1, 0.15) is 54.7 Å². The van der Waals surface area contributed by atoms with Crippen LogP contribution in [-0.4, -0.2) is 33.3 Å². The van der Waals surface area contributed by atoms with E-state index in [4.69, 9.17) is 5.11 Å². The van der Waals surface area contributed by atoms with Crippen LogP contribution in [0.15, 0.2) is 6.07 Å². The first-order chi connectivity index (χ1) is 9.92. The highest BCUT2D eigenvalue weighted by Crippen LogP contribution is 2.38. The molecular formula is C15H23N3O3. The van der Waals surface area contributed by atoms with Crippen molar-refractivity contribution in [2.45, 2.75) is 45.4 Å². The van der Waals surface area contributed by atoms with Gasteiger partial charge in [0.1, 0.15) is 5.69 Å². The number of carboxylic acids is 1. The Morgan fingerprint density at radius 1 is 1.38 bits per heavy atom. The molecule has 0 atom stereocenters. The maximum absolute atomic E-state index is 12.2. The van der Waals surface area contributed by atoms with Gasteiger partial charge in [-0.3, -0.25) is 14.3 Å². The number of hydrogen-bond donors (Lipinski definition) is 2. The Morgan fingerprint density at radius 3 is 2.57 bits per heavy atom. The van der Waals surface area contributed by atoms with Crippen molar-refractivity contribution in [2.75, 3.05) is 6.54 Å². The lowest BCUT2D eigenvalue weighted by atomic mass is 9.71. The van der Waals surface area contributed by atoms with Gasteiger partial charge < -0.3 is 10.4 Å². The number of aliphatic carboxylic acids is 1. The van der Waals surface area contributed by atoms with Crippen molar-refractivity contribution in [3.8, 4) is 0 Å². The Hall–Kier alpha value is -1.85. The normalized spacial score (nSPS) is 17.4. The van der Waals surface area contributed by atoms with Crippen LogP contribution in [-0.2, 0) is 11.8 Å². The Morgan fingerprint density at radius 2 is 2.05 bits per heavy atom. The minimum atomic E-state index is -0.789. The zero-order chi connectivity index (χ0) is 15.5. The van der Waals surface area contributed by atoms with E-state index in [-0.39, 0.29) is 17.7 Å².